The van der Waals surface area contributed by atoms with Crippen molar-refractivity contribution in [2.45, 2.75) is 31.7 Å². The highest BCUT2D eigenvalue weighted by molar-refractivity contribution is 7.71. The van der Waals surface area contributed by atoms with E-state index in [9.17, 15) is 9.59 Å². The van der Waals surface area contributed by atoms with Gasteiger partial charge in [0.05, 0.1) is 5.56 Å². The highest BCUT2D eigenvalue weighted by atomic mass is 32.1. The molecule has 1 fully saturated rings. The molecule has 1 aromatic carbocycles. The number of hydrogen-bond acceptors (Lipinski definition) is 4. The van der Waals surface area contributed by atoms with Gasteiger partial charge >= 0.3 is 0 Å². The van der Waals surface area contributed by atoms with Gasteiger partial charge in [-0.1, -0.05) is 0 Å². The summed E-state index contributed by atoms with van der Waals surface area (Å²) in [5, 5.41) is 3.01. The fourth-order valence-corrected chi connectivity index (χ4v) is 3.00. The average molecular weight is 329 g/mol. The Morgan fingerprint density at radius 3 is 2.87 bits per heavy atom. The quantitative estimate of drug-likeness (QED) is 0.630. The summed E-state index contributed by atoms with van der Waals surface area (Å²) < 4.78 is 5.94. The van der Waals surface area contributed by atoms with Crippen LogP contribution in [-0.2, 0) is 6.42 Å². The number of aromatic amines is 2. The largest absolute Gasteiger partial charge is 0.440 e. The van der Waals surface area contributed by atoms with E-state index >= 15 is 0 Å². The Morgan fingerprint density at radius 2 is 2.13 bits per heavy atom. The molecule has 4 rings (SSSR count). The Kier molecular flexibility index (Phi) is 3.30. The maximum absolute atomic E-state index is 12.3. The number of hydrogen-bond donors (Lipinski definition) is 3. The second-order valence-corrected chi connectivity index (χ2v) is 6.33. The molecule has 0 atom stereocenters. The molecule has 1 aliphatic carbocycles. The predicted molar refractivity (Wildman–Crippen MR) is 86.7 cm³/mol. The normalized spacial score (nSPS) is 15.8. The lowest BCUT2D eigenvalue weighted by atomic mass is 9.92. The minimum absolute atomic E-state index is 0.0790. The Morgan fingerprint density at radius 1 is 1.30 bits per heavy atom. The summed E-state index contributed by atoms with van der Waals surface area (Å²) >= 11 is 4.95. The van der Waals surface area contributed by atoms with Gasteiger partial charge in [0.2, 0.25) is 5.88 Å². The van der Waals surface area contributed by atoms with Crippen molar-refractivity contribution in [3.63, 3.8) is 0 Å². The topological polar surface area (TPSA) is 87.0 Å². The zero-order chi connectivity index (χ0) is 16.0. The number of amides is 1. The second-order valence-electron chi connectivity index (χ2n) is 5.92. The van der Waals surface area contributed by atoms with Crippen LogP contribution in [0.2, 0.25) is 0 Å². The number of rotatable bonds is 2. The number of ether oxygens (including phenoxy) is 1. The molecule has 0 radical (unpaired) electrons. The highest BCUT2D eigenvalue weighted by Crippen LogP contribution is 2.33. The number of carbonyl (C=O) groups is 1. The Bertz CT molecular complexity index is 912. The zero-order valence-electron chi connectivity index (χ0n) is 12.3. The fraction of sp³-hybridized carbons (Fsp3) is 0.312. The van der Waals surface area contributed by atoms with Crippen molar-refractivity contribution in [2.75, 3.05) is 0 Å². The number of fused-ring (bicyclic) bond motifs is 2. The molecule has 0 spiro atoms. The molecule has 0 unspecified atom stereocenters. The first-order valence-corrected chi connectivity index (χ1v) is 7.98. The molecule has 2 aromatic rings. The molecular weight excluding hydrogens is 314 g/mol. The summed E-state index contributed by atoms with van der Waals surface area (Å²) in [5.41, 5.74) is 1.62. The molecule has 1 aliphatic heterocycles. The third kappa shape index (κ3) is 2.57. The Hall–Kier alpha value is -2.41. The van der Waals surface area contributed by atoms with Gasteiger partial charge in [-0.2, -0.15) is 0 Å². The van der Waals surface area contributed by atoms with Crippen molar-refractivity contribution < 1.29 is 9.53 Å². The third-order valence-corrected chi connectivity index (χ3v) is 4.55. The first-order valence-electron chi connectivity index (χ1n) is 7.57. The van der Waals surface area contributed by atoms with E-state index in [2.05, 4.69) is 15.3 Å². The standard InChI is InChI=1S/C16H15N3O3S/c20-13(17-10-2-1-3-10)8-4-5-12-9(6-8)7-11-14(21)18-16(23)19-15(11)22-12/h4-6,10H,1-3,7H2,(H,17,20)(H2,18,19,21,23). The van der Waals surface area contributed by atoms with Crippen LogP contribution < -0.4 is 15.6 Å². The van der Waals surface area contributed by atoms with E-state index in [1.165, 1.54) is 6.42 Å². The maximum atomic E-state index is 12.3. The van der Waals surface area contributed by atoms with Crippen LogP contribution in [-0.4, -0.2) is 21.9 Å². The van der Waals surface area contributed by atoms with Gasteiger partial charge in [-0.25, -0.2) is 0 Å². The third-order valence-electron chi connectivity index (χ3n) is 4.34. The SMILES string of the molecule is O=C(NC1CCC1)c1ccc2c(c1)Cc1c([nH]c(=S)[nH]c1=O)O2. The first kappa shape index (κ1) is 14.2. The van der Waals surface area contributed by atoms with E-state index in [0.717, 1.165) is 18.4 Å². The van der Waals surface area contributed by atoms with Crippen molar-refractivity contribution in [1.82, 2.24) is 15.3 Å². The van der Waals surface area contributed by atoms with E-state index < -0.39 is 0 Å². The van der Waals surface area contributed by atoms with Gasteiger partial charge in [0.25, 0.3) is 11.5 Å². The molecule has 7 heteroatoms. The predicted octanol–water partition coefficient (Wildman–Crippen LogP) is 2.41. The minimum Gasteiger partial charge on any atom is -0.440 e. The molecule has 2 aliphatic rings. The van der Waals surface area contributed by atoms with E-state index in [1.807, 2.05) is 0 Å². The lowest BCUT2D eigenvalue weighted by Crippen LogP contribution is -2.39. The molecule has 0 saturated heterocycles. The molecule has 2 heterocycles. The Labute approximate surface area is 136 Å². The molecule has 1 saturated carbocycles. The van der Waals surface area contributed by atoms with Crippen molar-refractivity contribution in [3.05, 3.63) is 50.0 Å². The van der Waals surface area contributed by atoms with Crippen LogP contribution in [0.5, 0.6) is 11.6 Å². The van der Waals surface area contributed by atoms with Crippen molar-refractivity contribution >= 4 is 18.1 Å². The van der Waals surface area contributed by atoms with Crippen LogP contribution in [0.4, 0.5) is 0 Å². The van der Waals surface area contributed by atoms with E-state index in [0.29, 0.717) is 35.2 Å². The lowest BCUT2D eigenvalue weighted by molar-refractivity contribution is 0.0917. The van der Waals surface area contributed by atoms with Crippen LogP contribution >= 0.6 is 12.2 Å². The molecule has 0 bridgehead atoms. The second kappa shape index (κ2) is 5.34. The monoisotopic (exact) mass is 329 g/mol. The van der Waals surface area contributed by atoms with Gasteiger partial charge in [-0.05, 0) is 49.7 Å². The van der Waals surface area contributed by atoms with Crippen molar-refractivity contribution in [2.24, 2.45) is 0 Å². The average Bonchev–Trinajstić information content (AvgIpc) is 2.48. The van der Waals surface area contributed by atoms with E-state index in [-0.39, 0.29) is 16.2 Å². The highest BCUT2D eigenvalue weighted by Gasteiger charge is 2.23. The fourth-order valence-electron chi connectivity index (χ4n) is 2.82. The summed E-state index contributed by atoms with van der Waals surface area (Å²) in [5.74, 6) is 0.927. The van der Waals surface area contributed by atoms with Gasteiger partial charge in [0.15, 0.2) is 4.77 Å². The lowest BCUT2D eigenvalue weighted by Gasteiger charge is -2.26. The van der Waals surface area contributed by atoms with Crippen molar-refractivity contribution in [3.8, 4) is 11.6 Å². The van der Waals surface area contributed by atoms with Gasteiger partial charge in [-0.15, -0.1) is 0 Å². The summed E-state index contributed by atoms with van der Waals surface area (Å²) in [7, 11) is 0. The maximum Gasteiger partial charge on any atom is 0.259 e. The minimum atomic E-state index is -0.265. The van der Waals surface area contributed by atoms with E-state index in [4.69, 9.17) is 17.0 Å². The smallest absolute Gasteiger partial charge is 0.259 e. The molecular formula is C16H15N3O3S. The molecule has 118 valence electrons. The van der Waals surface area contributed by atoms with E-state index in [1.54, 1.807) is 18.2 Å². The summed E-state index contributed by atoms with van der Waals surface area (Å²) in [6, 6.07) is 5.57. The summed E-state index contributed by atoms with van der Waals surface area (Å²) in [4.78, 5) is 29.7. The molecule has 23 heavy (non-hydrogen) atoms. The molecule has 6 nitrogen and oxygen atoms in total. The molecule has 3 N–H and O–H groups in total. The number of H-pyrrole nitrogens is 2. The van der Waals surface area contributed by atoms with Crippen molar-refractivity contribution in [1.29, 1.82) is 0 Å². The molecule has 1 amide bonds. The van der Waals surface area contributed by atoms with Gasteiger partial charge < -0.3 is 15.0 Å². The number of benzene rings is 1. The van der Waals surface area contributed by atoms with Crippen LogP contribution in [0.15, 0.2) is 23.0 Å². The number of nitrogens with one attached hydrogen (secondary N) is 3. The first-order chi connectivity index (χ1) is 11.1. The van der Waals surface area contributed by atoms with Gasteiger partial charge in [0.1, 0.15) is 5.75 Å². The number of carbonyl (C=O) groups excluding carboxylic acids is 1. The van der Waals surface area contributed by atoms with Crippen LogP contribution in [0.25, 0.3) is 0 Å². The van der Waals surface area contributed by atoms with Crippen LogP contribution in [0.1, 0.15) is 40.7 Å². The Balaban J connectivity index is 1.64. The molecule has 1 aromatic heterocycles. The van der Waals surface area contributed by atoms with Crippen LogP contribution in [0, 0.1) is 4.77 Å². The summed E-state index contributed by atoms with van der Waals surface area (Å²) in [6.07, 6.45) is 3.66. The van der Waals surface area contributed by atoms with Gasteiger partial charge in [0, 0.05) is 23.6 Å². The van der Waals surface area contributed by atoms with Gasteiger partial charge in [-0.3, -0.25) is 14.6 Å². The number of aromatic nitrogens is 2. The summed E-state index contributed by atoms with van der Waals surface area (Å²) in [6.45, 7) is 0. The van der Waals surface area contributed by atoms with Crippen LogP contribution in [0.3, 0.4) is 0 Å². The zero-order valence-corrected chi connectivity index (χ0v) is 13.1.